The van der Waals surface area contributed by atoms with E-state index in [9.17, 15) is 0 Å². The third-order valence-corrected chi connectivity index (χ3v) is 2.10. The summed E-state index contributed by atoms with van der Waals surface area (Å²) in [5.41, 5.74) is 0. The van der Waals surface area contributed by atoms with Crippen LogP contribution in [-0.2, 0) is 0 Å². The molecule has 0 aromatic carbocycles. The highest BCUT2D eigenvalue weighted by atomic mass is 15.1. The van der Waals surface area contributed by atoms with Gasteiger partial charge in [0.25, 0.3) is 0 Å². The van der Waals surface area contributed by atoms with E-state index in [0.717, 1.165) is 12.0 Å². The molecule has 0 aliphatic heterocycles. The van der Waals surface area contributed by atoms with E-state index < -0.39 is 0 Å². The molecule has 0 bridgehead atoms. The fourth-order valence-corrected chi connectivity index (χ4v) is 1.46. The average Bonchev–Trinajstić information content (AvgIpc) is 1.86. The minimum absolute atomic E-state index is 0.792. The predicted octanol–water partition coefficient (Wildman–Crippen LogP) is 2.76. The van der Waals surface area contributed by atoms with E-state index in [-0.39, 0.29) is 0 Å². The Labute approximate surface area is 71.8 Å². The minimum Gasteiger partial charge on any atom is -0.306 e. The van der Waals surface area contributed by atoms with Gasteiger partial charge in [-0.25, -0.2) is 0 Å². The molecular formula is C10H23N. The lowest BCUT2D eigenvalue weighted by Crippen LogP contribution is -2.29. The molecule has 0 amide bonds. The summed E-state index contributed by atoms with van der Waals surface area (Å²) >= 11 is 0. The van der Waals surface area contributed by atoms with Crippen molar-refractivity contribution < 1.29 is 0 Å². The van der Waals surface area contributed by atoms with Gasteiger partial charge in [-0.3, -0.25) is 0 Å². The molecule has 1 nitrogen and oxygen atoms in total. The Kier molecular flexibility index (Phi) is 5.57. The summed E-state index contributed by atoms with van der Waals surface area (Å²) in [6.07, 6.45) is 3.97. The second-order valence-corrected chi connectivity index (χ2v) is 4.04. The van der Waals surface area contributed by atoms with E-state index in [0.29, 0.717) is 0 Å². The topological polar surface area (TPSA) is 3.24 Å². The van der Waals surface area contributed by atoms with Crippen LogP contribution in [0.1, 0.15) is 40.0 Å². The summed E-state index contributed by atoms with van der Waals surface area (Å²) in [6.45, 7) is 6.86. The molecule has 0 saturated carbocycles. The molecule has 0 aromatic heterocycles. The molecule has 0 aliphatic carbocycles. The van der Waals surface area contributed by atoms with Crippen LogP contribution in [0.2, 0.25) is 0 Å². The first-order valence-electron chi connectivity index (χ1n) is 4.74. The van der Waals surface area contributed by atoms with Gasteiger partial charge in [0.1, 0.15) is 0 Å². The zero-order chi connectivity index (χ0) is 8.85. The summed E-state index contributed by atoms with van der Waals surface area (Å²) in [5, 5.41) is 0. The Morgan fingerprint density at radius 2 is 1.73 bits per heavy atom. The summed E-state index contributed by atoms with van der Waals surface area (Å²) < 4.78 is 0. The predicted molar refractivity (Wildman–Crippen MR) is 51.8 cm³/mol. The van der Waals surface area contributed by atoms with Crippen molar-refractivity contribution >= 4 is 0 Å². The molecular weight excluding hydrogens is 134 g/mol. The van der Waals surface area contributed by atoms with Crippen LogP contribution < -0.4 is 0 Å². The zero-order valence-corrected chi connectivity index (χ0v) is 8.72. The summed E-state index contributed by atoms with van der Waals surface area (Å²) in [7, 11) is 4.37. The van der Waals surface area contributed by atoms with Crippen molar-refractivity contribution in [3.63, 3.8) is 0 Å². The van der Waals surface area contributed by atoms with E-state index in [2.05, 4.69) is 39.8 Å². The van der Waals surface area contributed by atoms with Crippen LogP contribution in [0.3, 0.4) is 0 Å². The fourth-order valence-electron chi connectivity index (χ4n) is 1.46. The summed E-state index contributed by atoms with van der Waals surface area (Å²) in [4.78, 5) is 2.35. The standard InChI is InChI=1S/C10H23N/c1-6-7-10(11(4)5)8-9(2)3/h9-10H,6-8H2,1-5H3/t10-/m0/s1. The van der Waals surface area contributed by atoms with Crippen molar-refractivity contribution in [2.75, 3.05) is 14.1 Å². The lowest BCUT2D eigenvalue weighted by Gasteiger charge is -2.25. The minimum atomic E-state index is 0.792. The summed E-state index contributed by atoms with van der Waals surface area (Å²) in [6, 6.07) is 0.792. The van der Waals surface area contributed by atoms with E-state index >= 15 is 0 Å². The van der Waals surface area contributed by atoms with Crippen LogP contribution in [0.25, 0.3) is 0 Å². The second-order valence-electron chi connectivity index (χ2n) is 4.04. The first-order valence-corrected chi connectivity index (χ1v) is 4.74. The normalized spacial score (nSPS) is 14.5. The monoisotopic (exact) mass is 157 g/mol. The fraction of sp³-hybridized carbons (Fsp3) is 1.00. The van der Waals surface area contributed by atoms with Crippen molar-refractivity contribution in [1.82, 2.24) is 4.90 Å². The number of hydrogen-bond donors (Lipinski definition) is 0. The molecule has 1 heteroatoms. The van der Waals surface area contributed by atoms with Gasteiger partial charge in [-0.1, -0.05) is 27.2 Å². The summed E-state index contributed by atoms with van der Waals surface area (Å²) in [5.74, 6) is 0.828. The maximum atomic E-state index is 2.35. The highest BCUT2D eigenvalue weighted by Gasteiger charge is 2.11. The van der Waals surface area contributed by atoms with Gasteiger partial charge >= 0.3 is 0 Å². The van der Waals surface area contributed by atoms with Crippen LogP contribution in [0.15, 0.2) is 0 Å². The first kappa shape index (κ1) is 11.0. The van der Waals surface area contributed by atoms with Gasteiger partial charge in [-0.15, -0.1) is 0 Å². The zero-order valence-electron chi connectivity index (χ0n) is 8.72. The lowest BCUT2D eigenvalue weighted by atomic mass is 9.99. The van der Waals surface area contributed by atoms with E-state index in [4.69, 9.17) is 0 Å². The maximum absolute atomic E-state index is 2.35. The highest BCUT2D eigenvalue weighted by Crippen LogP contribution is 2.13. The number of hydrogen-bond acceptors (Lipinski definition) is 1. The van der Waals surface area contributed by atoms with Gasteiger partial charge in [0.2, 0.25) is 0 Å². The quantitative estimate of drug-likeness (QED) is 0.593. The molecule has 0 radical (unpaired) electrons. The van der Waals surface area contributed by atoms with Crippen molar-refractivity contribution in [1.29, 1.82) is 0 Å². The van der Waals surface area contributed by atoms with Crippen molar-refractivity contribution in [3.8, 4) is 0 Å². The molecule has 0 rings (SSSR count). The van der Waals surface area contributed by atoms with Gasteiger partial charge in [-0.05, 0) is 32.9 Å². The van der Waals surface area contributed by atoms with E-state index in [1.807, 2.05) is 0 Å². The third-order valence-electron chi connectivity index (χ3n) is 2.10. The Morgan fingerprint density at radius 1 is 1.18 bits per heavy atom. The van der Waals surface area contributed by atoms with Crippen molar-refractivity contribution in [2.45, 2.75) is 46.1 Å². The van der Waals surface area contributed by atoms with Crippen LogP contribution in [0.4, 0.5) is 0 Å². The Bertz CT molecular complexity index is 86.9. The van der Waals surface area contributed by atoms with Crippen molar-refractivity contribution in [2.24, 2.45) is 5.92 Å². The molecule has 0 aliphatic rings. The van der Waals surface area contributed by atoms with Gasteiger partial charge in [0, 0.05) is 6.04 Å². The molecule has 68 valence electrons. The number of rotatable bonds is 5. The molecule has 0 heterocycles. The van der Waals surface area contributed by atoms with Crippen LogP contribution >= 0.6 is 0 Å². The van der Waals surface area contributed by atoms with E-state index in [1.54, 1.807) is 0 Å². The number of nitrogens with zero attached hydrogens (tertiary/aromatic N) is 1. The molecule has 0 fully saturated rings. The molecule has 0 N–H and O–H groups in total. The Morgan fingerprint density at radius 3 is 2.00 bits per heavy atom. The smallest absolute Gasteiger partial charge is 0.00915 e. The van der Waals surface area contributed by atoms with Crippen molar-refractivity contribution in [3.05, 3.63) is 0 Å². The Hall–Kier alpha value is -0.0400. The molecule has 0 aromatic rings. The molecule has 0 saturated heterocycles. The van der Waals surface area contributed by atoms with Gasteiger partial charge < -0.3 is 4.90 Å². The van der Waals surface area contributed by atoms with Crippen LogP contribution in [0.5, 0.6) is 0 Å². The van der Waals surface area contributed by atoms with E-state index in [1.165, 1.54) is 19.3 Å². The first-order chi connectivity index (χ1) is 5.07. The molecule has 0 spiro atoms. The maximum Gasteiger partial charge on any atom is 0.00915 e. The highest BCUT2D eigenvalue weighted by molar-refractivity contribution is 4.66. The molecule has 1 atom stereocenters. The van der Waals surface area contributed by atoms with Gasteiger partial charge in [0.05, 0.1) is 0 Å². The third kappa shape index (κ3) is 5.25. The van der Waals surface area contributed by atoms with Gasteiger partial charge in [-0.2, -0.15) is 0 Å². The van der Waals surface area contributed by atoms with Crippen LogP contribution in [0, 0.1) is 5.92 Å². The lowest BCUT2D eigenvalue weighted by molar-refractivity contribution is 0.240. The second kappa shape index (κ2) is 5.59. The largest absolute Gasteiger partial charge is 0.306 e. The molecule has 11 heavy (non-hydrogen) atoms. The molecule has 0 unspecified atom stereocenters. The van der Waals surface area contributed by atoms with Gasteiger partial charge in [0.15, 0.2) is 0 Å². The van der Waals surface area contributed by atoms with Crippen LogP contribution in [-0.4, -0.2) is 25.0 Å². The SMILES string of the molecule is CCC[C@@H](CC(C)C)N(C)C. The average molecular weight is 157 g/mol. The Balaban J connectivity index is 3.69.